The number of hydrogen-bond acceptors (Lipinski definition) is 4. The van der Waals surface area contributed by atoms with Crippen molar-refractivity contribution in [3.63, 3.8) is 0 Å². The van der Waals surface area contributed by atoms with E-state index in [1.165, 1.54) is 11.2 Å². The molecule has 7 nitrogen and oxygen atoms in total. The molecule has 0 saturated heterocycles. The first-order valence-corrected chi connectivity index (χ1v) is 11.6. The highest BCUT2D eigenvalue weighted by molar-refractivity contribution is 7.92. The lowest BCUT2D eigenvalue weighted by Gasteiger charge is -2.24. The summed E-state index contributed by atoms with van der Waals surface area (Å²) in [4.78, 5) is 24.1. The fraction of sp³-hybridized carbons (Fsp3) is 0.167. The van der Waals surface area contributed by atoms with Crippen LogP contribution in [0.15, 0.2) is 77.7 Å². The Hall–Kier alpha value is -3.65. The maximum Gasteiger partial charge on any atom is 0.264 e. The largest absolute Gasteiger partial charge is 0.326 e. The zero-order valence-electron chi connectivity index (χ0n) is 17.7. The number of hydrogen-bond donors (Lipinski definition) is 2. The van der Waals surface area contributed by atoms with Crippen LogP contribution in [0.1, 0.15) is 29.8 Å². The zero-order valence-corrected chi connectivity index (χ0v) is 18.5. The molecule has 0 bridgehead atoms. The van der Waals surface area contributed by atoms with Gasteiger partial charge in [0, 0.05) is 29.9 Å². The van der Waals surface area contributed by atoms with Crippen LogP contribution in [-0.4, -0.2) is 26.3 Å². The summed E-state index contributed by atoms with van der Waals surface area (Å²) in [5.74, 6) is -0.463. The van der Waals surface area contributed by atoms with Crippen LogP contribution in [0.4, 0.5) is 17.1 Å². The normalized spacial score (nSPS) is 15.2. The van der Waals surface area contributed by atoms with E-state index in [2.05, 4.69) is 10.6 Å². The van der Waals surface area contributed by atoms with Gasteiger partial charge in [-0.1, -0.05) is 18.2 Å². The Morgan fingerprint density at radius 2 is 1.53 bits per heavy atom. The Bertz CT molecular complexity index is 1270. The third kappa shape index (κ3) is 4.22. The summed E-state index contributed by atoms with van der Waals surface area (Å²) in [6, 6.07) is 20.0. The first kappa shape index (κ1) is 21.6. The lowest BCUT2D eigenvalue weighted by Crippen LogP contribution is -2.35. The van der Waals surface area contributed by atoms with E-state index < -0.39 is 10.0 Å². The monoisotopic (exact) mass is 449 g/mol. The van der Waals surface area contributed by atoms with Crippen LogP contribution in [-0.2, 0) is 21.2 Å². The summed E-state index contributed by atoms with van der Waals surface area (Å²) in [7, 11) is -3.69. The molecule has 8 heteroatoms. The molecule has 2 N–H and O–H groups in total. The van der Waals surface area contributed by atoms with Gasteiger partial charge in [-0.25, -0.2) is 8.42 Å². The van der Waals surface area contributed by atoms with Gasteiger partial charge in [0.25, 0.3) is 15.9 Å². The summed E-state index contributed by atoms with van der Waals surface area (Å²) in [6.07, 6.45) is 0.522. The molecule has 4 rings (SSSR count). The Morgan fingerprint density at radius 3 is 2.16 bits per heavy atom. The van der Waals surface area contributed by atoms with Crippen LogP contribution in [0, 0.1) is 0 Å². The third-order valence-corrected chi connectivity index (χ3v) is 7.20. The predicted octanol–water partition coefficient (Wildman–Crippen LogP) is 4.04. The highest BCUT2D eigenvalue weighted by Gasteiger charge is 2.36. The molecule has 3 aromatic carbocycles. The molecule has 2 amide bonds. The molecule has 0 spiro atoms. The van der Waals surface area contributed by atoms with Gasteiger partial charge in [0.2, 0.25) is 5.91 Å². The minimum absolute atomic E-state index is 0.169. The van der Waals surface area contributed by atoms with Crippen molar-refractivity contribution in [2.45, 2.75) is 31.2 Å². The number of carbonyl (C=O) groups excluding carboxylic acids is 2. The third-order valence-electron chi connectivity index (χ3n) is 5.26. The molecule has 0 unspecified atom stereocenters. The number of carbonyl (C=O) groups is 2. The summed E-state index contributed by atoms with van der Waals surface area (Å²) in [5, 5.41) is 5.50. The quantitative estimate of drug-likeness (QED) is 0.615. The maximum atomic E-state index is 13.2. The van der Waals surface area contributed by atoms with Crippen LogP contribution in [0.5, 0.6) is 0 Å². The number of rotatable bonds is 5. The van der Waals surface area contributed by atoms with E-state index in [0.29, 0.717) is 29.0 Å². The van der Waals surface area contributed by atoms with E-state index in [1.54, 1.807) is 72.8 Å². The summed E-state index contributed by atoms with van der Waals surface area (Å²) in [6.45, 7) is 3.29. The van der Waals surface area contributed by atoms with Crippen molar-refractivity contribution in [1.29, 1.82) is 0 Å². The second-order valence-electron chi connectivity index (χ2n) is 7.72. The second-order valence-corrected chi connectivity index (χ2v) is 9.54. The van der Waals surface area contributed by atoms with Gasteiger partial charge in [-0.15, -0.1) is 0 Å². The molecule has 1 aliphatic heterocycles. The summed E-state index contributed by atoms with van der Waals surface area (Å²) in [5.41, 5.74) is 3.08. The number of amides is 2. The van der Waals surface area contributed by atoms with Gasteiger partial charge < -0.3 is 10.6 Å². The molecule has 32 heavy (non-hydrogen) atoms. The molecule has 0 radical (unpaired) electrons. The van der Waals surface area contributed by atoms with Crippen molar-refractivity contribution >= 4 is 38.9 Å². The second kappa shape index (κ2) is 8.47. The van der Waals surface area contributed by atoms with E-state index in [9.17, 15) is 18.0 Å². The smallest absolute Gasteiger partial charge is 0.264 e. The van der Waals surface area contributed by atoms with Gasteiger partial charge in [-0.3, -0.25) is 13.9 Å². The van der Waals surface area contributed by atoms with Crippen LogP contribution in [0.25, 0.3) is 0 Å². The molecule has 1 aliphatic rings. The molecule has 0 saturated carbocycles. The molecule has 164 valence electrons. The van der Waals surface area contributed by atoms with Crippen molar-refractivity contribution in [2.24, 2.45) is 0 Å². The number of nitrogens with zero attached hydrogens (tertiary/aromatic N) is 1. The number of anilines is 3. The van der Waals surface area contributed by atoms with Gasteiger partial charge in [-0.2, -0.15) is 0 Å². The minimum atomic E-state index is -3.69. The molecule has 1 atom stereocenters. The van der Waals surface area contributed by atoms with E-state index in [-0.39, 0.29) is 22.8 Å². The van der Waals surface area contributed by atoms with Crippen molar-refractivity contribution in [1.82, 2.24) is 0 Å². The van der Waals surface area contributed by atoms with Crippen molar-refractivity contribution in [2.75, 3.05) is 14.9 Å². The summed E-state index contributed by atoms with van der Waals surface area (Å²) < 4.78 is 27.8. The van der Waals surface area contributed by atoms with Crippen LogP contribution in [0.3, 0.4) is 0 Å². The van der Waals surface area contributed by atoms with Gasteiger partial charge in [0.15, 0.2) is 0 Å². The average Bonchev–Trinajstić information content (AvgIpc) is 3.11. The SMILES string of the molecule is CC(=O)Nc1ccc(NC(=O)c2ccc3c(c2)C[C@@H](C)N3S(=O)(=O)c2ccccc2)cc1. The average molecular weight is 450 g/mol. The van der Waals surface area contributed by atoms with Crippen LogP contribution >= 0.6 is 0 Å². The van der Waals surface area contributed by atoms with Gasteiger partial charge in [0.05, 0.1) is 10.6 Å². The first-order chi connectivity index (χ1) is 15.3. The van der Waals surface area contributed by atoms with Crippen molar-refractivity contribution < 1.29 is 18.0 Å². The predicted molar refractivity (Wildman–Crippen MR) is 124 cm³/mol. The molecule has 0 aromatic heterocycles. The van der Waals surface area contributed by atoms with Crippen molar-refractivity contribution in [3.05, 3.63) is 83.9 Å². The molecular weight excluding hydrogens is 426 g/mol. The van der Waals surface area contributed by atoms with E-state index in [0.717, 1.165) is 5.56 Å². The van der Waals surface area contributed by atoms with E-state index >= 15 is 0 Å². The fourth-order valence-corrected chi connectivity index (χ4v) is 5.57. The number of benzene rings is 3. The zero-order chi connectivity index (χ0) is 22.9. The Labute approximate surface area is 187 Å². The minimum Gasteiger partial charge on any atom is -0.326 e. The van der Waals surface area contributed by atoms with Crippen LogP contribution < -0.4 is 14.9 Å². The Balaban J connectivity index is 1.55. The van der Waals surface area contributed by atoms with E-state index in [4.69, 9.17) is 0 Å². The molecule has 1 heterocycles. The Morgan fingerprint density at radius 1 is 0.906 bits per heavy atom. The van der Waals surface area contributed by atoms with E-state index in [1.807, 2.05) is 6.92 Å². The molecule has 0 fully saturated rings. The lowest BCUT2D eigenvalue weighted by molar-refractivity contribution is -0.114. The lowest BCUT2D eigenvalue weighted by atomic mass is 10.1. The van der Waals surface area contributed by atoms with Crippen molar-refractivity contribution in [3.8, 4) is 0 Å². The maximum absolute atomic E-state index is 13.2. The van der Waals surface area contributed by atoms with Crippen LogP contribution in [0.2, 0.25) is 0 Å². The number of sulfonamides is 1. The molecule has 0 aliphatic carbocycles. The standard InChI is InChI=1S/C24H23N3O4S/c1-16-14-19-15-18(24(29)26-21-11-9-20(10-12-21)25-17(2)28)8-13-23(19)27(16)32(30,31)22-6-4-3-5-7-22/h3-13,15-16H,14H2,1-2H3,(H,25,28)(H,26,29)/t16-/m1/s1. The Kier molecular flexibility index (Phi) is 5.71. The molecular formula is C24H23N3O4S. The topological polar surface area (TPSA) is 95.6 Å². The molecule has 3 aromatic rings. The number of fused-ring (bicyclic) bond motifs is 1. The van der Waals surface area contributed by atoms with Gasteiger partial charge in [0.1, 0.15) is 0 Å². The number of nitrogens with one attached hydrogen (secondary N) is 2. The fourth-order valence-electron chi connectivity index (χ4n) is 3.86. The van der Waals surface area contributed by atoms with Gasteiger partial charge >= 0.3 is 0 Å². The first-order valence-electron chi connectivity index (χ1n) is 10.2. The highest BCUT2D eigenvalue weighted by atomic mass is 32.2. The highest BCUT2D eigenvalue weighted by Crippen LogP contribution is 2.37. The van der Waals surface area contributed by atoms with Gasteiger partial charge in [-0.05, 0) is 73.5 Å². The summed E-state index contributed by atoms with van der Waals surface area (Å²) >= 11 is 0.